The molecule has 0 saturated heterocycles. The molecule has 6 aromatic rings. The highest BCUT2D eigenvalue weighted by Crippen LogP contribution is 2.49. The third kappa shape index (κ3) is 3.32. The van der Waals surface area contributed by atoms with Crippen LogP contribution in [0.15, 0.2) is 110 Å². The van der Waals surface area contributed by atoms with E-state index in [0.717, 1.165) is 0 Å². The molecule has 4 nitrogen and oxygen atoms in total. The van der Waals surface area contributed by atoms with Gasteiger partial charge in [0.25, 0.3) is 0 Å². The Hall–Kier alpha value is -4.96. The van der Waals surface area contributed by atoms with Crippen molar-refractivity contribution in [1.29, 1.82) is 0 Å². The summed E-state index contributed by atoms with van der Waals surface area (Å²) >= 11 is 0. The Labute approximate surface area is 233 Å². The standard InChI is InChI=1S/C36H26N4/c1-21-15-23(35-27-7-11-37-17-31(27)32-18-38-12-8-28(32)35)3-5-25(21)26-6-4-24(16-22(26)2)36-29-9-13-39-19-33(29)34-20-40-14-10-30(34)36/h3-20,35-36H,1-2H3. The molecule has 0 radical (unpaired) electrons. The van der Waals surface area contributed by atoms with Crippen molar-refractivity contribution in [3.05, 3.63) is 155 Å². The van der Waals surface area contributed by atoms with E-state index in [4.69, 9.17) is 0 Å². The van der Waals surface area contributed by atoms with Gasteiger partial charge in [0.05, 0.1) is 0 Å². The van der Waals surface area contributed by atoms with Crippen molar-refractivity contribution in [3.63, 3.8) is 0 Å². The summed E-state index contributed by atoms with van der Waals surface area (Å²) in [4.78, 5) is 17.6. The van der Waals surface area contributed by atoms with Crippen LogP contribution in [-0.2, 0) is 0 Å². The molecular formula is C36H26N4. The average Bonchev–Trinajstić information content (AvgIpc) is 3.51. The van der Waals surface area contributed by atoms with Crippen LogP contribution in [0.5, 0.6) is 0 Å². The first-order valence-electron chi connectivity index (χ1n) is 13.7. The van der Waals surface area contributed by atoms with Gasteiger partial charge in [0.15, 0.2) is 0 Å². The average molecular weight is 515 g/mol. The van der Waals surface area contributed by atoms with Crippen LogP contribution < -0.4 is 0 Å². The zero-order valence-electron chi connectivity index (χ0n) is 22.3. The molecule has 0 unspecified atom stereocenters. The summed E-state index contributed by atoms with van der Waals surface area (Å²) in [6.07, 6.45) is 15.5. The van der Waals surface area contributed by atoms with Crippen LogP contribution in [0.2, 0.25) is 0 Å². The third-order valence-electron chi connectivity index (χ3n) is 8.70. The molecule has 0 bridgehead atoms. The van der Waals surface area contributed by atoms with Gasteiger partial charge < -0.3 is 0 Å². The number of aromatic nitrogens is 4. The van der Waals surface area contributed by atoms with E-state index >= 15 is 0 Å². The highest BCUT2D eigenvalue weighted by Gasteiger charge is 2.32. The number of benzene rings is 2. The molecule has 0 N–H and O–H groups in total. The summed E-state index contributed by atoms with van der Waals surface area (Å²) in [7, 11) is 0. The second kappa shape index (κ2) is 8.78. The van der Waals surface area contributed by atoms with Gasteiger partial charge in [-0.3, -0.25) is 19.9 Å². The maximum atomic E-state index is 4.39. The molecule has 2 aromatic carbocycles. The molecule has 0 fully saturated rings. The Morgan fingerprint density at radius 1 is 0.400 bits per heavy atom. The van der Waals surface area contributed by atoms with Gasteiger partial charge >= 0.3 is 0 Å². The molecule has 4 heteroatoms. The Morgan fingerprint density at radius 2 is 0.725 bits per heavy atom. The number of hydrogen-bond donors (Lipinski definition) is 0. The van der Waals surface area contributed by atoms with Crippen molar-refractivity contribution in [2.24, 2.45) is 0 Å². The molecule has 2 aliphatic carbocycles. The van der Waals surface area contributed by atoms with Crippen LogP contribution in [0, 0.1) is 13.8 Å². The molecule has 0 aliphatic heterocycles. The normalized spacial score (nSPS) is 13.6. The molecule has 4 heterocycles. The van der Waals surface area contributed by atoms with Gasteiger partial charge in [-0.2, -0.15) is 0 Å². The van der Waals surface area contributed by atoms with Crippen LogP contribution in [0.3, 0.4) is 0 Å². The minimum Gasteiger partial charge on any atom is -0.264 e. The second-order valence-electron chi connectivity index (χ2n) is 10.9. The monoisotopic (exact) mass is 514 g/mol. The smallest absolute Gasteiger partial charge is 0.0354 e. The van der Waals surface area contributed by atoms with E-state index in [1.54, 1.807) is 0 Å². The molecule has 0 amide bonds. The number of pyridine rings is 4. The van der Waals surface area contributed by atoms with Crippen LogP contribution in [0.25, 0.3) is 33.4 Å². The summed E-state index contributed by atoms with van der Waals surface area (Å²) in [5.41, 5.74) is 17.6. The van der Waals surface area contributed by atoms with Gasteiger partial charge in [-0.25, -0.2) is 0 Å². The first kappa shape index (κ1) is 23.0. The topological polar surface area (TPSA) is 51.6 Å². The first-order chi connectivity index (χ1) is 19.7. The summed E-state index contributed by atoms with van der Waals surface area (Å²) in [5, 5.41) is 0. The fourth-order valence-corrected chi connectivity index (χ4v) is 6.92. The van der Waals surface area contributed by atoms with E-state index in [1.165, 1.54) is 77.9 Å². The zero-order chi connectivity index (χ0) is 26.8. The quantitative estimate of drug-likeness (QED) is 0.241. The number of rotatable bonds is 3. The van der Waals surface area contributed by atoms with Crippen LogP contribution >= 0.6 is 0 Å². The lowest BCUT2D eigenvalue weighted by Gasteiger charge is -2.19. The van der Waals surface area contributed by atoms with Gasteiger partial charge in [-0.15, -0.1) is 0 Å². The Kier molecular flexibility index (Phi) is 5.05. The second-order valence-corrected chi connectivity index (χ2v) is 10.9. The molecule has 0 saturated carbocycles. The molecule has 0 spiro atoms. The molecule has 40 heavy (non-hydrogen) atoms. The van der Waals surface area contributed by atoms with Crippen molar-refractivity contribution in [2.45, 2.75) is 25.7 Å². The van der Waals surface area contributed by atoms with Crippen molar-refractivity contribution in [2.75, 3.05) is 0 Å². The number of hydrogen-bond acceptors (Lipinski definition) is 4. The Morgan fingerprint density at radius 3 is 1.02 bits per heavy atom. The molecule has 8 rings (SSSR count). The van der Waals surface area contributed by atoms with E-state index in [2.05, 4.69) is 94.4 Å². The fraction of sp³-hybridized carbons (Fsp3) is 0.111. The van der Waals surface area contributed by atoms with Crippen LogP contribution in [0.4, 0.5) is 0 Å². The maximum Gasteiger partial charge on any atom is 0.0354 e. The predicted octanol–water partition coefficient (Wildman–Crippen LogP) is 7.87. The van der Waals surface area contributed by atoms with Crippen LogP contribution in [-0.4, -0.2) is 19.9 Å². The van der Waals surface area contributed by atoms with Crippen molar-refractivity contribution in [1.82, 2.24) is 19.9 Å². The van der Waals surface area contributed by atoms with Gasteiger partial charge in [0.2, 0.25) is 0 Å². The minimum atomic E-state index is 0.193. The van der Waals surface area contributed by atoms with E-state index in [9.17, 15) is 0 Å². The molecule has 0 atom stereocenters. The Balaban J connectivity index is 1.18. The minimum absolute atomic E-state index is 0.193. The summed E-state index contributed by atoms with van der Waals surface area (Å²) in [5.74, 6) is 0.386. The lowest BCUT2D eigenvalue weighted by Crippen LogP contribution is -2.02. The molecule has 2 aliphatic rings. The highest BCUT2D eigenvalue weighted by atomic mass is 14.7. The van der Waals surface area contributed by atoms with E-state index in [-0.39, 0.29) is 11.8 Å². The predicted molar refractivity (Wildman–Crippen MR) is 158 cm³/mol. The third-order valence-corrected chi connectivity index (χ3v) is 8.70. The van der Waals surface area contributed by atoms with Crippen molar-refractivity contribution < 1.29 is 0 Å². The molecule has 190 valence electrons. The van der Waals surface area contributed by atoms with Crippen molar-refractivity contribution in [3.8, 4) is 33.4 Å². The molecular weight excluding hydrogens is 488 g/mol. The lowest BCUT2D eigenvalue weighted by molar-refractivity contribution is 1.000. The van der Waals surface area contributed by atoms with E-state index in [0.29, 0.717) is 0 Å². The number of aryl methyl sites for hydroxylation is 2. The first-order valence-corrected chi connectivity index (χ1v) is 13.7. The fourth-order valence-electron chi connectivity index (χ4n) is 6.92. The van der Waals surface area contributed by atoms with E-state index in [1.807, 2.05) is 49.6 Å². The Bertz CT molecular complexity index is 1720. The number of nitrogens with zero attached hydrogens (tertiary/aromatic N) is 4. The largest absolute Gasteiger partial charge is 0.264 e. The number of fused-ring (bicyclic) bond motifs is 6. The van der Waals surface area contributed by atoms with E-state index < -0.39 is 0 Å². The van der Waals surface area contributed by atoms with Crippen LogP contribution in [0.1, 0.15) is 56.3 Å². The summed E-state index contributed by atoms with van der Waals surface area (Å²) in [6.45, 7) is 4.46. The zero-order valence-corrected chi connectivity index (χ0v) is 22.3. The molecule has 4 aromatic heterocycles. The lowest BCUT2D eigenvalue weighted by atomic mass is 9.85. The highest BCUT2D eigenvalue weighted by molar-refractivity contribution is 5.81. The SMILES string of the molecule is Cc1cc(C2c3ccncc3-c3cnccc32)ccc1-c1ccc(C2c3ccncc3-c3cnccc32)cc1C. The van der Waals surface area contributed by atoms with Crippen molar-refractivity contribution >= 4 is 0 Å². The van der Waals surface area contributed by atoms with Gasteiger partial charge in [0, 0.05) is 83.7 Å². The van der Waals surface area contributed by atoms with Gasteiger partial charge in [-0.05, 0) is 93.7 Å². The summed E-state index contributed by atoms with van der Waals surface area (Å²) in [6, 6.07) is 22.5. The van der Waals surface area contributed by atoms with Gasteiger partial charge in [0.1, 0.15) is 0 Å². The maximum absolute atomic E-state index is 4.39. The van der Waals surface area contributed by atoms with Gasteiger partial charge in [-0.1, -0.05) is 36.4 Å². The summed E-state index contributed by atoms with van der Waals surface area (Å²) < 4.78 is 0.